The Labute approximate surface area is 137 Å². The second kappa shape index (κ2) is 6.20. The number of hydrogen-bond acceptors (Lipinski definition) is 4. The van der Waals surface area contributed by atoms with Crippen LogP contribution in [-0.2, 0) is 16.8 Å². The van der Waals surface area contributed by atoms with E-state index in [1.807, 2.05) is 0 Å². The Morgan fingerprint density at radius 3 is 2.71 bits per heavy atom. The number of fused-ring (bicyclic) bond motifs is 1. The van der Waals surface area contributed by atoms with Gasteiger partial charge in [-0.2, -0.15) is 8.42 Å². The number of nitrogens with zero attached hydrogens (tertiary/aromatic N) is 1. The zero-order valence-electron chi connectivity index (χ0n) is 12.4. The van der Waals surface area contributed by atoms with Crippen LogP contribution in [0.4, 0.5) is 8.28 Å². The molecule has 0 N–H and O–H groups in total. The summed E-state index contributed by atoms with van der Waals surface area (Å²) in [4.78, 5) is 13.5. The van der Waals surface area contributed by atoms with E-state index in [2.05, 4.69) is 0 Å². The molecule has 0 unspecified atom stereocenters. The topological polar surface area (TPSA) is 63.7 Å². The standard InChI is InChI=1S/C16H13F2NO4S/c17-13-5-4-12-10-19(6-7-23-15(12)9-13)16(20)11-2-1-3-14(8-11)24(18,21)22/h1-5,8-9H,6-7,10H2. The fraction of sp³-hybridized carbons (Fsp3) is 0.188. The summed E-state index contributed by atoms with van der Waals surface area (Å²) in [7, 11) is -4.89. The lowest BCUT2D eigenvalue weighted by Gasteiger charge is -2.20. The number of carbonyl (C=O) groups excluding carboxylic acids is 1. The largest absolute Gasteiger partial charge is 0.491 e. The summed E-state index contributed by atoms with van der Waals surface area (Å²) < 4.78 is 53.8. The summed E-state index contributed by atoms with van der Waals surface area (Å²) in [6.45, 7) is 0.589. The molecule has 0 spiro atoms. The van der Waals surface area contributed by atoms with Gasteiger partial charge in [0.15, 0.2) is 0 Å². The number of halogens is 2. The molecule has 2 aromatic carbocycles. The molecule has 5 nitrogen and oxygen atoms in total. The molecule has 0 aliphatic carbocycles. The molecule has 3 rings (SSSR count). The van der Waals surface area contributed by atoms with Crippen LogP contribution in [0.2, 0.25) is 0 Å². The van der Waals surface area contributed by atoms with Crippen molar-refractivity contribution in [2.75, 3.05) is 13.2 Å². The van der Waals surface area contributed by atoms with Crippen LogP contribution in [0.3, 0.4) is 0 Å². The average Bonchev–Trinajstić information content (AvgIpc) is 2.75. The van der Waals surface area contributed by atoms with Crippen molar-refractivity contribution in [1.29, 1.82) is 0 Å². The van der Waals surface area contributed by atoms with Gasteiger partial charge in [-0.1, -0.05) is 12.1 Å². The summed E-state index contributed by atoms with van der Waals surface area (Å²) in [5, 5.41) is 0. The molecule has 1 amide bonds. The molecule has 1 aliphatic heterocycles. The Hall–Kier alpha value is -2.48. The summed E-state index contributed by atoms with van der Waals surface area (Å²) in [5.41, 5.74) is 0.691. The van der Waals surface area contributed by atoms with Crippen molar-refractivity contribution in [1.82, 2.24) is 4.90 Å². The van der Waals surface area contributed by atoms with Gasteiger partial charge >= 0.3 is 10.2 Å². The first-order chi connectivity index (χ1) is 11.3. The van der Waals surface area contributed by atoms with Crippen molar-refractivity contribution < 1.29 is 26.2 Å². The number of hydrogen-bond donors (Lipinski definition) is 0. The minimum absolute atomic E-state index is 0.0549. The average molecular weight is 353 g/mol. The molecule has 0 radical (unpaired) electrons. The van der Waals surface area contributed by atoms with E-state index in [4.69, 9.17) is 4.74 Å². The number of carbonyl (C=O) groups is 1. The summed E-state index contributed by atoms with van der Waals surface area (Å²) in [6, 6.07) is 8.83. The molecule has 2 aromatic rings. The molecular formula is C16H13F2NO4S. The number of rotatable bonds is 2. The molecule has 8 heteroatoms. The third-order valence-electron chi connectivity index (χ3n) is 3.66. The Kier molecular flexibility index (Phi) is 4.23. The zero-order chi connectivity index (χ0) is 17.3. The van der Waals surface area contributed by atoms with Gasteiger partial charge in [0.05, 0.1) is 11.4 Å². The summed E-state index contributed by atoms with van der Waals surface area (Å²) in [6.07, 6.45) is 0. The first-order valence-corrected chi connectivity index (χ1v) is 8.48. The van der Waals surface area contributed by atoms with Crippen LogP contribution in [0.25, 0.3) is 0 Å². The summed E-state index contributed by atoms with van der Waals surface area (Å²) in [5.74, 6) is -0.527. The lowest BCUT2D eigenvalue weighted by molar-refractivity contribution is 0.0733. The Morgan fingerprint density at radius 1 is 1.17 bits per heavy atom. The van der Waals surface area contributed by atoms with Gasteiger partial charge in [0.2, 0.25) is 0 Å². The van der Waals surface area contributed by atoms with Crippen LogP contribution in [0, 0.1) is 5.82 Å². The van der Waals surface area contributed by atoms with Gasteiger partial charge in [-0.3, -0.25) is 4.79 Å². The maximum atomic E-state index is 13.3. The number of ether oxygens (including phenoxy) is 1. The van der Waals surface area contributed by atoms with Crippen molar-refractivity contribution in [2.45, 2.75) is 11.4 Å². The second-order valence-electron chi connectivity index (χ2n) is 5.29. The predicted octanol–water partition coefficient (Wildman–Crippen LogP) is 2.52. The number of amides is 1. The fourth-order valence-electron chi connectivity index (χ4n) is 2.48. The third-order valence-corrected chi connectivity index (χ3v) is 4.48. The first-order valence-electron chi connectivity index (χ1n) is 7.10. The molecule has 0 fully saturated rings. The lowest BCUT2D eigenvalue weighted by atomic mass is 10.1. The van der Waals surface area contributed by atoms with E-state index in [9.17, 15) is 21.5 Å². The Morgan fingerprint density at radius 2 is 1.96 bits per heavy atom. The maximum Gasteiger partial charge on any atom is 0.332 e. The molecule has 24 heavy (non-hydrogen) atoms. The van der Waals surface area contributed by atoms with Crippen molar-refractivity contribution in [3.8, 4) is 5.75 Å². The molecule has 126 valence electrons. The van der Waals surface area contributed by atoms with Gasteiger partial charge in [-0.05, 0) is 24.3 Å². The lowest BCUT2D eigenvalue weighted by Crippen LogP contribution is -2.32. The molecule has 0 saturated carbocycles. The van der Waals surface area contributed by atoms with Crippen LogP contribution in [0.1, 0.15) is 15.9 Å². The third kappa shape index (κ3) is 3.38. The minimum atomic E-state index is -4.89. The fourth-order valence-corrected chi connectivity index (χ4v) is 2.99. The quantitative estimate of drug-likeness (QED) is 0.779. The highest BCUT2D eigenvalue weighted by Gasteiger charge is 2.23. The highest BCUT2D eigenvalue weighted by molar-refractivity contribution is 7.86. The van der Waals surface area contributed by atoms with Gasteiger partial charge in [0.25, 0.3) is 5.91 Å². The van der Waals surface area contributed by atoms with E-state index < -0.39 is 26.8 Å². The monoisotopic (exact) mass is 353 g/mol. The van der Waals surface area contributed by atoms with Crippen molar-refractivity contribution >= 4 is 16.1 Å². The van der Waals surface area contributed by atoms with Crippen molar-refractivity contribution in [3.05, 3.63) is 59.4 Å². The maximum absolute atomic E-state index is 13.3. The van der Waals surface area contributed by atoms with E-state index in [1.54, 1.807) is 0 Å². The Bertz CT molecular complexity index is 899. The van der Waals surface area contributed by atoms with Gasteiger partial charge < -0.3 is 9.64 Å². The van der Waals surface area contributed by atoms with E-state index in [-0.39, 0.29) is 25.3 Å². The molecule has 0 aromatic heterocycles. The predicted molar refractivity (Wildman–Crippen MR) is 81.4 cm³/mol. The van der Waals surface area contributed by atoms with Gasteiger partial charge in [-0.25, -0.2) is 4.39 Å². The normalized spacial score (nSPS) is 14.5. The van der Waals surface area contributed by atoms with Gasteiger partial charge in [0, 0.05) is 23.7 Å². The zero-order valence-corrected chi connectivity index (χ0v) is 13.2. The van der Waals surface area contributed by atoms with Crippen LogP contribution >= 0.6 is 0 Å². The van der Waals surface area contributed by atoms with E-state index in [0.717, 1.165) is 12.1 Å². The number of benzene rings is 2. The van der Waals surface area contributed by atoms with Crippen molar-refractivity contribution in [3.63, 3.8) is 0 Å². The van der Waals surface area contributed by atoms with E-state index >= 15 is 0 Å². The molecule has 0 saturated heterocycles. The first kappa shape index (κ1) is 16.4. The smallest absolute Gasteiger partial charge is 0.332 e. The van der Waals surface area contributed by atoms with Crippen LogP contribution in [-0.4, -0.2) is 32.4 Å². The molecule has 1 heterocycles. The second-order valence-corrected chi connectivity index (χ2v) is 6.64. The van der Waals surface area contributed by atoms with Crippen LogP contribution in [0.15, 0.2) is 47.4 Å². The van der Waals surface area contributed by atoms with Gasteiger partial charge in [0.1, 0.15) is 18.2 Å². The molecule has 1 aliphatic rings. The highest BCUT2D eigenvalue weighted by atomic mass is 32.3. The Balaban J connectivity index is 1.89. The highest BCUT2D eigenvalue weighted by Crippen LogP contribution is 2.25. The minimum Gasteiger partial charge on any atom is -0.491 e. The van der Waals surface area contributed by atoms with Crippen LogP contribution < -0.4 is 4.74 Å². The molecular weight excluding hydrogens is 340 g/mol. The van der Waals surface area contributed by atoms with Crippen molar-refractivity contribution in [2.24, 2.45) is 0 Å². The molecule has 0 bridgehead atoms. The summed E-state index contributed by atoms with van der Waals surface area (Å²) >= 11 is 0. The molecule has 0 atom stereocenters. The van der Waals surface area contributed by atoms with E-state index in [1.165, 1.54) is 35.2 Å². The SMILES string of the molecule is O=C(c1cccc(S(=O)(=O)F)c1)N1CCOc2cc(F)ccc2C1. The van der Waals surface area contributed by atoms with E-state index in [0.29, 0.717) is 11.3 Å². The van der Waals surface area contributed by atoms with Gasteiger partial charge in [-0.15, -0.1) is 3.89 Å². The van der Waals surface area contributed by atoms with Crippen LogP contribution in [0.5, 0.6) is 5.75 Å².